The fourth-order valence-corrected chi connectivity index (χ4v) is 2.30. The second-order valence-corrected chi connectivity index (χ2v) is 5.45. The number of benzene rings is 1. The second-order valence-electron chi connectivity index (χ2n) is 5.45. The van der Waals surface area contributed by atoms with E-state index < -0.39 is 17.7 Å². The summed E-state index contributed by atoms with van der Waals surface area (Å²) in [6.07, 6.45) is 0.935. The second kappa shape index (κ2) is 8.20. The van der Waals surface area contributed by atoms with Gasteiger partial charge in [0.25, 0.3) is 0 Å². The van der Waals surface area contributed by atoms with Crippen molar-refractivity contribution in [1.82, 2.24) is 9.80 Å². The van der Waals surface area contributed by atoms with Gasteiger partial charge in [-0.2, -0.15) is 0 Å². The van der Waals surface area contributed by atoms with Crippen LogP contribution in [-0.2, 0) is 0 Å². The first-order valence-electron chi connectivity index (χ1n) is 7.24. The monoisotopic (exact) mass is 298 g/mol. The molecule has 1 atom stereocenters. The minimum Gasteiger partial charge on any atom is -0.309 e. The number of carbonyl (C=O) groups is 1. The first-order valence-corrected chi connectivity index (χ1v) is 7.24. The predicted octanol–water partition coefficient (Wildman–Crippen LogP) is 2.81. The summed E-state index contributed by atoms with van der Waals surface area (Å²) < 4.78 is 26.6. The van der Waals surface area contributed by atoms with E-state index in [1.807, 2.05) is 25.9 Å². The molecule has 0 spiro atoms. The largest absolute Gasteiger partial charge is 0.309 e. The molecule has 0 bridgehead atoms. The molecule has 1 aromatic rings. The van der Waals surface area contributed by atoms with Crippen LogP contribution in [0.2, 0.25) is 0 Å². The van der Waals surface area contributed by atoms with Gasteiger partial charge in [-0.05, 0) is 52.7 Å². The highest BCUT2D eigenvalue weighted by Gasteiger charge is 2.23. The van der Waals surface area contributed by atoms with Gasteiger partial charge in [0.05, 0.1) is 11.6 Å². The lowest BCUT2D eigenvalue weighted by Gasteiger charge is -2.27. The van der Waals surface area contributed by atoms with Gasteiger partial charge in [-0.25, -0.2) is 8.78 Å². The number of likely N-dealkylation sites (N-methyl/N-ethyl adjacent to an activating group) is 1. The Morgan fingerprint density at radius 1 is 1.24 bits per heavy atom. The highest BCUT2D eigenvalue weighted by atomic mass is 19.1. The molecular formula is C16H24F2N2O. The van der Waals surface area contributed by atoms with Crippen molar-refractivity contribution < 1.29 is 13.6 Å². The number of Topliss-reactive ketones (excluding diaryl/α,β-unsaturated/α-hetero) is 1. The summed E-state index contributed by atoms with van der Waals surface area (Å²) in [5.41, 5.74) is -0.0463. The lowest BCUT2D eigenvalue weighted by molar-refractivity contribution is 0.0836. The third-order valence-corrected chi connectivity index (χ3v) is 3.58. The smallest absolute Gasteiger partial charge is 0.182 e. The van der Waals surface area contributed by atoms with Gasteiger partial charge in [0.1, 0.15) is 11.6 Å². The van der Waals surface area contributed by atoms with E-state index in [0.717, 1.165) is 31.6 Å². The molecule has 21 heavy (non-hydrogen) atoms. The van der Waals surface area contributed by atoms with Gasteiger partial charge >= 0.3 is 0 Å². The van der Waals surface area contributed by atoms with Crippen LogP contribution >= 0.6 is 0 Å². The van der Waals surface area contributed by atoms with Gasteiger partial charge in [0.15, 0.2) is 5.78 Å². The molecule has 0 saturated carbocycles. The molecule has 1 unspecified atom stereocenters. The molecule has 0 saturated heterocycles. The molecule has 3 nitrogen and oxygen atoms in total. The van der Waals surface area contributed by atoms with Crippen LogP contribution in [0.5, 0.6) is 0 Å². The van der Waals surface area contributed by atoms with Crippen molar-refractivity contribution in [1.29, 1.82) is 0 Å². The summed E-state index contributed by atoms with van der Waals surface area (Å²) in [6, 6.07) is 2.67. The third-order valence-electron chi connectivity index (χ3n) is 3.58. The number of carbonyl (C=O) groups excluding carboxylic acids is 1. The van der Waals surface area contributed by atoms with Gasteiger partial charge < -0.3 is 4.90 Å². The Kier molecular flexibility index (Phi) is 6.92. The van der Waals surface area contributed by atoms with Crippen LogP contribution < -0.4 is 0 Å². The Labute approximate surface area is 125 Å². The Morgan fingerprint density at radius 3 is 2.43 bits per heavy atom. The molecule has 5 heteroatoms. The van der Waals surface area contributed by atoms with E-state index in [4.69, 9.17) is 0 Å². The van der Waals surface area contributed by atoms with E-state index in [9.17, 15) is 13.6 Å². The molecule has 0 heterocycles. The van der Waals surface area contributed by atoms with Crippen LogP contribution in [0.25, 0.3) is 0 Å². The van der Waals surface area contributed by atoms with Gasteiger partial charge in [-0.1, -0.05) is 6.92 Å². The van der Waals surface area contributed by atoms with E-state index >= 15 is 0 Å². The van der Waals surface area contributed by atoms with Crippen molar-refractivity contribution in [3.05, 3.63) is 35.4 Å². The highest BCUT2D eigenvalue weighted by Crippen LogP contribution is 2.15. The van der Waals surface area contributed by atoms with Crippen LogP contribution in [0.15, 0.2) is 18.2 Å². The first kappa shape index (κ1) is 17.7. The molecule has 0 aliphatic carbocycles. The average Bonchev–Trinajstić information content (AvgIpc) is 2.42. The topological polar surface area (TPSA) is 23.6 Å². The SMILES string of the molecule is CCN(CCCN(C)C)C(C)C(=O)c1ccc(F)cc1F. The van der Waals surface area contributed by atoms with E-state index in [1.165, 1.54) is 6.07 Å². The number of ketones is 1. The lowest BCUT2D eigenvalue weighted by atomic mass is 10.0. The number of hydrogen-bond donors (Lipinski definition) is 0. The maximum atomic E-state index is 13.7. The quantitative estimate of drug-likeness (QED) is 0.690. The van der Waals surface area contributed by atoms with Crippen LogP contribution in [0.4, 0.5) is 8.78 Å². The molecule has 1 rings (SSSR count). The number of rotatable bonds is 8. The van der Waals surface area contributed by atoms with Crippen LogP contribution in [0.1, 0.15) is 30.6 Å². The molecule has 0 fully saturated rings. The Morgan fingerprint density at radius 2 is 1.90 bits per heavy atom. The van der Waals surface area contributed by atoms with Crippen molar-refractivity contribution in [3.8, 4) is 0 Å². The zero-order valence-electron chi connectivity index (χ0n) is 13.2. The van der Waals surface area contributed by atoms with Crippen molar-refractivity contribution >= 4 is 5.78 Å². The zero-order chi connectivity index (χ0) is 16.0. The van der Waals surface area contributed by atoms with Crippen molar-refractivity contribution in [2.75, 3.05) is 33.7 Å². The molecule has 118 valence electrons. The first-order chi connectivity index (χ1) is 9.86. The number of halogens is 2. The van der Waals surface area contributed by atoms with Gasteiger partial charge in [-0.15, -0.1) is 0 Å². The van der Waals surface area contributed by atoms with E-state index in [0.29, 0.717) is 6.54 Å². The summed E-state index contributed by atoms with van der Waals surface area (Å²) in [5, 5.41) is 0. The van der Waals surface area contributed by atoms with Gasteiger partial charge in [0.2, 0.25) is 0 Å². The summed E-state index contributed by atoms with van der Waals surface area (Å²) in [7, 11) is 4.00. The summed E-state index contributed by atoms with van der Waals surface area (Å²) in [6.45, 7) is 6.15. The molecule has 0 aromatic heterocycles. The molecular weight excluding hydrogens is 274 g/mol. The predicted molar refractivity (Wildman–Crippen MR) is 80.6 cm³/mol. The fraction of sp³-hybridized carbons (Fsp3) is 0.562. The van der Waals surface area contributed by atoms with Crippen molar-refractivity contribution in [3.63, 3.8) is 0 Å². The molecule has 0 aliphatic heterocycles. The van der Waals surface area contributed by atoms with Crippen molar-refractivity contribution in [2.45, 2.75) is 26.3 Å². The molecule has 0 aliphatic rings. The number of hydrogen-bond acceptors (Lipinski definition) is 3. The summed E-state index contributed by atoms with van der Waals surface area (Å²) in [4.78, 5) is 16.5. The maximum absolute atomic E-state index is 13.7. The van der Waals surface area contributed by atoms with E-state index in [-0.39, 0.29) is 11.3 Å². The van der Waals surface area contributed by atoms with Gasteiger partial charge in [-0.3, -0.25) is 9.69 Å². The minimum atomic E-state index is -0.795. The fourth-order valence-electron chi connectivity index (χ4n) is 2.30. The number of nitrogens with zero attached hydrogens (tertiary/aromatic N) is 2. The molecule has 0 radical (unpaired) electrons. The molecule has 0 N–H and O–H groups in total. The van der Waals surface area contributed by atoms with Crippen LogP contribution in [0, 0.1) is 11.6 Å². The van der Waals surface area contributed by atoms with E-state index in [2.05, 4.69) is 4.90 Å². The highest BCUT2D eigenvalue weighted by molar-refractivity contribution is 6.00. The van der Waals surface area contributed by atoms with Crippen molar-refractivity contribution in [2.24, 2.45) is 0 Å². The normalized spacial score (nSPS) is 13.0. The summed E-state index contributed by atoms with van der Waals surface area (Å²) in [5.74, 6) is -1.77. The van der Waals surface area contributed by atoms with Gasteiger partial charge in [0, 0.05) is 12.6 Å². The zero-order valence-corrected chi connectivity index (χ0v) is 13.2. The van der Waals surface area contributed by atoms with Crippen LogP contribution in [-0.4, -0.2) is 55.4 Å². The minimum absolute atomic E-state index is 0.0463. The standard InChI is InChI=1S/C16H24F2N2O/c1-5-20(10-6-9-19(3)4)12(2)16(21)14-8-7-13(17)11-15(14)18/h7-8,11-12H,5-6,9-10H2,1-4H3. The maximum Gasteiger partial charge on any atom is 0.182 e. The Bertz CT molecular complexity index is 477. The Balaban J connectivity index is 2.74. The Hall–Kier alpha value is -1.33. The molecule has 1 aromatic carbocycles. The third kappa shape index (κ3) is 5.17. The van der Waals surface area contributed by atoms with Crippen LogP contribution in [0.3, 0.4) is 0 Å². The lowest BCUT2D eigenvalue weighted by Crippen LogP contribution is -2.40. The summed E-state index contributed by atoms with van der Waals surface area (Å²) >= 11 is 0. The average molecular weight is 298 g/mol. The molecule has 0 amide bonds. The van der Waals surface area contributed by atoms with E-state index in [1.54, 1.807) is 6.92 Å².